The van der Waals surface area contributed by atoms with Crippen molar-refractivity contribution in [2.75, 3.05) is 7.05 Å². The van der Waals surface area contributed by atoms with Crippen LogP contribution in [0.4, 0.5) is 13.2 Å². The summed E-state index contributed by atoms with van der Waals surface area (Å²) in [7, 11) is -2.01. The van der Waals surface area contributed by atoms with Crippen molar-refractivity contribution in [1.82, 2.24) is 9.62 Å². The lowest BCUT2D eigenvalue weighted by Crippen LogP contribution is -2.33. The number of halogens is 3. The molecular weight excluding hydrogens is 365 g/mol. The Hall–Kier alpha value is -1.90. The number of rotatable bonds is 7. The van der Waals surface area contributed by atoms with Gasteiger partial charge >= 0.3 is 0 Å². The van der Waals surface area contributed by atoms with Gasteiger partial charge in [0.25, 0.3) is 0 Å². The van der Waals surface area contributed by atoms with Crippen molar-refractivity contribution in [3.63, 3.8) is 0 Å². The first-order valence-corrected chi connectivity index (χ1v) is 9.48. The van der Waals surface area contributed by atoms with Crippen LogP contribution in [0.25, 0.3) is 0 Å². The quantitative estimate of drug-likeness (QED) is 0.742. The van der Waals surface area contributed by atoms with Gasteiger partial charge < -0.3 is 5.32 Å². The van der Waals surface area contributed by atoms with E-state index in [0.717, 1.165) is 17.7 Å². The summed E-state index contributed by atoms with van der Waals surface area (Å²) in [6.07, 6.45) is 0. The summed E-state index contributed by atoms with van der Waals surface area (Å²) in [5.74, 6) is -3.95. The molecule has 0 spiro atoms. The van der Waals surface area contributed by atoms with Crippen LogP contribution in [0.15, 0.2) is 41.3 Å². The lowest BCUT2D eigenvalue weighted by Gasteiger charge is -2.21. The van der Waals surface area contributed by atoms with E-state index >= 15 is 0 Å². The monoisotopic (exact) mass is 386 g/mol. The molecule has 1 N–H and O–H groups in total. The predicted molar refractivity (Wildman–Crippen MR) is 93.4 cm³/mol. The van der Waals surface area contributed by atoms with E-state index in [-0.39, 0.29) is 23.0 Å². The SMILES string of the molecule is CC(C)N(C)S(=O)(=O)c1ccc(CNCc2cc(F)c(F)c(F)c2)cc1. The van der Waals surface area contributed by atoms with Crippen molar-refractivity contribution in [3.8, 4) is 0 Å². The van der Waals surface area contributed by atoms with Crippen molar-refractivity contribution >= 4 is 10.0 Å². The highest BCUT2D eigenvalue weighted by Crippen LogP contribution is 2.17. The van der Waals surface area contributed by atoms with Gasteiger partial charge in [-0.2, -0.15) is 4.31 Å². The van der Waals surface area contributed by atoms with Crippen LogP contribution in [-0.2, 0) is 23.1 Å². The van der Waals surface area contributed by atoms with Crippen molar-refractivity contribution in [2.45, 2.75) is 37.9 Å². The predicted octanol–water partition coefficient (Wildman–Crippen LogP) is 3.42. The van der Waals surface area contributed by atoms with E-state index in [1.807, 2.05) is 0 Å². The third kappa shape index (κ3) is 4.63. The molecule has 0 amide bonds. The Bertz CT molecular complexity index is 846. The Morgan fingerprint density at radius 2 is 1.46 bits per heavy atom. The third-order valence-electron chi connectivity index (χ3n) is 4.03. The molecule has 0 saturated carbocycles. The van der Waals surface area contributed by atoms with Crippen LogP contribution in [0.3, 0.4) is 0 Å². The molecule has 2 aromatic rings. The number of nitrogens with zero attached hydrogens (tertiary/aromatic N) is 1. The van der Waals surface area contributed by atoms with E-state index in [2.05, 4.69) is 5.32 Å². The van der Waals surface area contributed by atoms with Crippen LogP contribution < -0.4 is 5.32 Å². The first-order valence-electron chi connectivity index (χ1n) is 8.04. The molecular formula is C18H21F3N2O2S. The van der Waals surface area contributed by atoms with Gasteiger partial charge in [0.2, 0.25) is 10.0 Å². The Balaban J connectivity index is 2.00. The number of benzene rings is 2. The smallest absolute Gasteiger partial charge is 0.243 e. The van der Waals surface area contributed by atoms with E-state index in [0.29, 0.717) is 6.54 Å². The fraction of sp³-hybridized carbons (Fsp3) is 0.333. The molecule has 0 saturated heterocycles. The fourth-order valence-electron chi connectivity index (χ4n) is 2.28. The Kier molecular flexibility index (Phi) is 6.44. The molecule has 0 aliphatic heterocycles. The maximum atomic E-state index is 13.2. The molecule has 0 bridgehead atoms. The highest BCUT2D eigenvalue weighted by Gasteiger charge is 2.22. The molecule has 0 heterocycles. The minimum absolute atomic E-state index is 0.143. The van der Waals surface area contributed by atoms with Gasteiger partial charge in [0.05, 0.1) is 4.90 Å². The maximum Gasteiger partial charge on any atom is 0.243 e. The molecule has 142 valence electrons. The van der Waals surface area contributed by atoms with Crippen molar-refractivity contribution in [1.29, 1.82) is 0 Å². The van der Waals surface area contributed by atoms with Crippen LogP contribution in [0, 0.1) is 17.5 Å². The molecule has 0 fully saturated rings. The van der Waals surface area contributed by atoms with Crippen LogP contribution >= 0.6 is 0 Å². The van der Waals surface area contributed by atoms with Gasteiger partial charge in [0, 0.05) is 26.2 Å². The van der Waals surface area contributed by atoms with Gasteiger partial charge in [-0.25, -0.2) is 21.6 Å². The molecule has 2 rings (SSSR count). The molecule has 0 radical (unpaired) electrons. The van der Waals surface area contributed by atoms with Crippen molar-refractivity contribution in [2.24, 2.45) is 0 Å². The highest BCUT2D eigenvalue weighted by atomic mass is 32.2. The van der Waals surface area contributed by atoms with E-state index in [1.165, 1.54) is 23.5 Å². The van der Waals surface area contributed by atoms with Gasteiger partial charge in [-0.1, -0.05) is 12.1 Å². The minimum atomic E-state index is -3.54. The van der Waals surface area contributed by atoms with Gasteiger partial charge in [-0.15, -0.1) is 0 Å². The average Bonchev–Trinajstić information content (AvgIpc) is 2.59. The topological polar surface area (TPSA) is 49.4 Å². The Morgan fingerprint density at radius 1 is 0.962 bits per heavy atom. The highest BCUT2D eigenvalue weighted by molar-refractivity contribution is 7.89. The summed E-state index contributed by atoms with van der Waals surface area (Å²) in [5.41, 5.74) is 1.08. The van der Waals surface area contributed by atoms with Gasteiger partial charge in [0.1, 0.15) is 0 Å². The zero-order valence-corrected chi connectivity index (χ0v) is 15.6. The summed E-state index contributed by atoms with van der Waals surface area (Å²) in [6.45, 7) is 4.08. The first kappa shape index (κ1) is 20.4. The molecule has 0 aliphatic carbocycles. The summed E-state index contributed by atoms with van der Waals surface area (Å²) in [5, 5.41) is 2.98. The lowest BCUT2D eigenvalue weighted by atomic mass is 10.2. The summed E-state index contributed by atoms with van der Waals surface area (Å²) in [6, 6.07) is 8.08. The van der Waals surface area contributed by atoms with E-state index in [1.54, 1.807) is 26.0 Å². The summed E-state index contributed by atoms with van der Waals surface area (Å²) in [4.78, 5) is 0.195. The van der Waals surface area contributed by atoms with Crippen LogP contribution in [0.1, 0.15) is 25.0 Å². The molecule has 8 heteroatoms. The van der Waals surface area contributed by atoms with Crippen LogP contribution in [0.5, 0.6) is 0 Å². The largest absolute Gasteiger partial charge is 0.309 e. The number of nitrogens with one attached hydrogen (secondary N) is 1. The standard InChI is InChI=1S/C18H21F3N2O2S/c1-12(2)23(3)26(24,25)15-6-4-13(5-7-15)10-22-11-14-8-16(19)18(21)17(20)9-14/h4-9,12,22H,10-11H2,1-3H3. The molecule has 0 aliphatic rings. The van der Waals surface area contributed by atoms with E-state index in [4.69, 9.17) is 0 Å². The van der Waals surface area contributed by atoms with E-state index < -0.39 is 27.5 Å². The summed E-state index contributed by atoms with van der Waals surface area (Å²) >= 11 is 0. The van der Waals surface area contributed by atoms with Crippen molar-refractivity contribution < 1.29 is 21.6 Å². The molecule has 2 aromatic carbocycles. The molecule has 4 nitrogen and oxygen atoms in total. The van der Waals surface area contributed by atoms with E-state index in [9.17, 15) is 21.6 Å². The lowest BCUT2D eigenvalue weighted by molar-refractivity contribution is 0.410. The second-order valence-corrected chi connectivity index (χ2v) is 8.23. The Labute approximate surface area is 151 Å². The van der Waals surface area contributed by atoms with Gasteiger partial charge in [-0.3, -0.25) is 0 Å². The number of hydrogen-bond acceptors (Lipinski definition) is 3. The summed E-state index contributed by atoms with van der Waals surface area (Å²) < 4.78 is 65.3. The second kappa shape index (κ2) is 8.20. The average molecular weight is 386 g/mol. The van der Waals surface area contributed by atoms with Crippen LogP contribution in [0.2, 0.25) is 0 Å². The fourth-order valence-corrected chi connectivity index (χ4v) is 3.65. The molecule has 0 unspecified atom stereocenters. The minimum Gasteiger partial charge on any atom is -0.309 e. The maximum absolute atomic E-state index is 13.2. The zero-order chi connectivity index (χ0) is 19.5. The van der Waals surface area contributed by atoms with Crippen molar-refractivity contribution in [3.05, 3.63) is 65.0 Å². The third-order valence-corrected chi connectivity index (χ3v) is 6.08. The van der Waals surface area contributed by atoms with Crippen LogP contribution in [-0.4, -0.2) is 25.8 Å². The molecule has 0 aromatic heterocycles. The first-order chi connectivity index (χ1) is 12.1. The number of sulfonamides is 1. The zero-order valence-electron chi connectivity index (χ0n) is 14.8. The molecule has 26 heavy (non-hydrogen) atoms. The van der Waals surface area contributed by atoms with Gasteiger partial charge in [-0.05, 0) is 49.2 Å². The Morgan fingerprint density at radius 3 is 1.96 bits per heavy atom. The normalized spacial score (nSPS) is 12.2. The number of hydrogen-bond donors (Lipinski definition) is 1. The molecule has 0 atom stereocenters. The van der Waals surface area contributed by atoms with Gasteiger partial charge in [0.15, 0.2) is 17.5 Å². The second-order valence-electron chi connectivity index (χ2n) is 6.24.